The number of fused-ring (bicyclic) bond motifs is 2. The van der Waals surface area contributed by atoms with Crippen molar-refractivity contribution in [1.82, 2.24) is 5.32 Å². The minimum atomic E-state index is -4.69. The van der Waals surface area contributed by atoms with Crippen molar-refractivity contribution in [1.29, 1.82) is 0 Å². The van der Waals surface area contributed by atoms with Gasteiger partial charge >= 0.3 is 6.36 Å². The van der Waals surface area contributed by atoms with Crippen LogP contribution < -0.4 is 10.1 Å². The lowest BCUT2D eigenvalue weighted by Crippen LogP contribution is -2.60. The van der Waals surface area contributed by atoms with Crippen molar-refractivity contribution in [2.45, 2.75) is 43.3 Å². The number of morpholine rings is 1. The molecule has 0 aliphatic carbocycles. The Labute approximate surface area is 126 Å². The summed E-state index contributed by atoms with van der Waals surface area (Å²) in [4.78, 5) is 0. The Hall–Kier alpha value is -1.31. The predicted molar refractivity (Wildman–Crippen MR) is 72.5 cm³/mol. The lowest BCUT2D eigenvalue weighted by molar-refractivity contribution is -0.274. The van der Waals surface area contributed by atoms with Gasteiger partial charge < -0.3 is 19.9 Å². The number of alkyl halides is 3. The molecule has 2 N–H and O–H groups in total. The number of hydrogen-bond acceptors (Lipinski definition) is 4. The highest BCUT2D eigenvalue weighted by Gasteiger charge is 2.41. The Morgan fingerprint density at radius 2 is 1.77 bits per heavy atom. The van der Waals surface area contributed by atoms with Gasteiger partial charge in [0.15, 0.2) is 0 Å². The largest absolute Gasteiger partial charge is 0.573 e. The van der Waals surface area contributed by atoms with Gasteiger partial charge in [-0.25, -0.2) is 0 Å². The zero-order valence-electron chi connectivity index (χ0n) is 11.9. The quantitative estimate of drug-likeness (QED) is 0.895. The summed E-state index contributed by atoms with van der Waals surface area (Å²) in [6.07, 6.45) is -3.13. The van der Waals surface area contributed by atoms with Crippen LogP contribution in [0.5, 0.6) is 5.75 Å². The maximum Gasteiger partial charge on any atom is 0.573 e. The summed E-state index contributed by atoms with van der Waals surface area (Å²) in [5.41, 5.74) is -0.0607. The topological polar surface area (TPSA) is 50.7 Å². The highest BCUT2D eigenvalue weighted by atomic mass is 19.4. The molecule has 4 nitrogen and oxygen atoms in total. The van der Waals surface area contributed by atoms with E-state index in [0.29, 0.717) is 32.5 Å². The van der Waals surface area contributed by atoms with E-state index in [1.165, 1.54) is 12.1 Å². The van der Waals surface area contributed by atoms with Crippen molar-refractivity contribution in [3.05, 3.63) is 29.8 Å². The molecule has 1 aromatic rings. The van der Waals surface area contributed by atoms with E-state index in [2.05, 4.69) is 10.1 Å². The minimum Gasteiger partial charge on any atom is -0.406 e. The van der Waals surface area contributed by atoms with Crippen LogP contribution >= 0.6 is 0 Å². The van der Waals surface area contributed by atoms with Crippen LogP contribution in [0.25, 0.3) is 0 Å². The average molecular weight is 317 g/mol. The van der Waals surface area contributed by atoms with Gasteiger partial charge in [0.25, 0.3) is 0 Å². The van der Waals surface area contributed by atoms with Crippen LogP contribution in [0, 0.1) is 0 Å². The van der Waals surface area contributed by atoms with Gasteiger partial charge in [-0.2, -0.15) is 0 Å². The number of piperidine rings is 1. The molecule has 2 heterocycles. The molecule has 1 aromatic carbocycles. The van der Waals surface area contributed by atoms with Crippen LogP contribution in [0.15, 0.2) is 24.3 Å². The van der Waals surface area contributed by atoms with Gasteiger partial charge in [0, 0.05) is 18.5 Å². The summed E-state index contributed by atoms with van der Waals surface area (Å²) in [6.45, 7) is 1.16. The predicted octanol–water partition coefficient (Wildman–Crippen LogP) is 2.01. The zero-order valence-corrected chi connectivity index (χ0v) is 11.9. The third kappa shape index (κ3) is 3.91. The summed E-state index contributed by atoms with van der Waals surface area (Å²) >= 11 is 0. The third-order valence-electron chi connectivity index (χ3n) is 4.05. The Morgan fingerprint density at radius 3 is 2.32 bits per heavy atom. The van der Waals surface area contributed by atoms with E-state index in [-0.39, 0.29) is 17.8 Å². The van der Waals surface area contributed by atoms with Gasteiger partial charge in [-0.1, -0.05) is 12.1 Å². The Bertz CT molecular complexity index is 506. The molecule has 2 fully saturated rings. The normalized spacial score (nSPS) is 31.8. The first-order valence-electron chi connectivity index (χ1n) is 7.22. The molecule has 0 saturated carbocycles. The van der Waals surface area contributed by atoms with Crippen molar-refractivity contribution in [2.24, 2.45) is 0 Å². The van der Waals surface area contributed by atoms with Gasteiger partial charge in [-0.05, 0) is 30.5 Å². The van der Waals surface area contributed by atoms with Crippen molar-refractivity contribution in [3.8, 4) is 5.75 Å². The Balaban J connectivity index is 1.65. The summed E-state index contributed by atoms with van der Waals surface area (Å²) < 4.78 is 45.7. The molecule has 0 amide bonds. The fourth-order valence-electron chi connectivity index (χ4n) is 3.35. The lowest BCUT2D eigenvalue weighted by atomic mass is 9.79. The molecule has 2 bridgehead atoms. The van der Waals surface area contributed by atoms with E-state index in [0.717, 1.165) is 5.56 Å². The first-order chi connectivity index (χ1) is 10.3. The number of aliphatic hydroxyl groups is 1. The molecule has 2 unspecified atom stereocenters. The molecule has 2 aliphatic heterocycles. The lowest BCUT2D eigenvalue weighted by Gasteiger charge is -2.45. The number of benzene rings is 1. The number of hydrogen-bond donors (Lipinski definition) is 2. The highest BCUT2D eigenvalue weighted by molar-refractivity contribution is 5.28. The number of nitrogens with one attached hydrogen (secondary N) is 1. The van der Waals surface area contributed by atoms with Crippen LogP contribution in [0.2, 0.25) is 0 Å². The molecule has 0 aromatic heterocycles. The van der Waals surface area contributed by atoms with E-state index in [9.17, 15) is 18.3 Å². The van der Waals surface area contributed by atoms with Crippen molar-refractivity contribution in [2.75, 3.05) is 13.2 Å². The van der Waals surface area contributed by atoms with E-state index in [1.54, 1.807) is 12.1 Å². The Kier molecular flexibility index (Phi) is 4.05. The maximum atomic E-state index is 12.1. The number of halogens is 3. The van der Waals surface area contributed by atoms with E-state index in [1.807, 2.05) is 0 Å². The molecule has 122 valence electrons. The first kappa shape index (κ1) is 15.6. The summed E-state index contributed by atoms with van der Waals surface area (Å²) in [5, 5.41) is 14.2. The van der Waals surface area contributed by atoms with Crippen molar-refractivity contribution >= 4 is 0 Å². The summed E-state index contributed by atoms with van der Waals surface area (Å²) in [7, 11) is 0. The van der Waals surface area contributed by atoms with Gasteiger partial charge in [0.05, 0.1) is 18.8 Å². The van der Waals surface area contributed by atoms with E-state index in [4.69, 9.17) is 4.74 Å². The standard InChI is InChI=1S/C15H18F3NO3/c16-15(17,18)22-13-3-1-10(2-4-13)5-14(20)6-11-8-21-9-12(7-14)19-11/h1-4,11-12,19-20H,5-9H2. The molecule has 22 heavy (non-hydrogen) atoms. The van der Waals surface area contributed by atoms with Gasteiger partial charge in [0.1, 0.15) is 5.75 Å². The van der Waals surface area contributed by atoms with E-state index < -0.39 is 12.0 Å². The summed E-state index contributed by atoms with van der Waals surface area (Å²) in [5.74, 6) is -0.251. The highest BCUT2D eigenvalue weighted by Crippen LogP contribution is 2.32. The van der Waals surface area contributed by atoms with Crippen LogP contribution in [0.3, 0.4) is 0 Å². The first-order valence-corrected chi connectivity index (χ1v) is 7.22. The average Bonchev–Trinajstić information content (AvgIpc) is 2.38. The number of ether oxygens (including phenoxy) is 2. The molecule has 0 radical (unpaired) electrons. The zero-order chi connectivity index (χ0) is 15.8. The molecule has 0 spiro atoms. The maximum absolute atomic E-state index is 12.1. The molecule has 2 aliphatic rings. The molecule has 2 atom stereocenters. The van der Waals surface area contributed by atoms with Gasteiger partial charge in [-0.3, -0.25) is 0 Å². The van der Waals surface area contributed by atoms with Gasteiger partial charge in [-0.15, -0.1) is 13.2 Å². The van der Waals surface area contributed by atoms with Crippen LogP contribution in [0.1, 0.15) is 18.4 Å². The minimum absolute atomic E-state index is 0.130. The second kappa shape index (κ2) is 5.72. The van der Waals surface area contributed by atoms with Crippen molar-refractivity contribution < 1.29 is 27.8 Å². The van der Waals surface area contributed by atoms with Crippen LogP contribution in [-0.4, -0.2) is 42.4 Å². The van der Waals surface area contributed by atoms with Crippen molar-refractivity contribution in [3.63, 3.8) is 0 Å². The smallest absolute Gasteiger partial charge is 0.406 e. The fourth-order valence-corrected chi connectivity index (χ4v) is 3.35. The second-order valence-electron chi connectivity index (χ2n) is 6.10. The third-order valence-corrected chi connectivity index (χ3v) is 4.05. The molecule has 7 heteroatoms. The summed E-state index contributed by atoms with van der Waals surface area (Å²) in [6, 6.07) is 5.94. The molecular weight excluding hydrogens is 299 g/mol. The molecule has 3 rings (SSSR count). The van der Waals surface area contributed by atoms with Gasteiger partial charge in [0.2, 0.25) is 0 Å². The molecule has 2 saturated heterocycles. The van der Waals surface area contributed by atoms with E-state index >= 15 is 0 Å². The number of rotatable bonds is 3. The Morgan fingerprint density at radius 1 is 1.18 bits per heavy atom. The molecular formula is C15H18F3NO3. The van der Waals surface area contributed by atoms with Crippen LogP contribution in [-0.2, 0) is 11.2 Å². The van der Waals surface area contributed by atoms with Crippen LogP contribution in [0.4, 0.5) is 13.2 Å². The SMILES string of the molecule is OC1(Cc2ccc(OC(F)(F)F)cc2)CC2COCC(C1)N2. The fraction of sp³-hybridized carbons (Fsp3) is 0.600. The monoisotopic (exact) mass is 317 g/mol. The second-order valence-corrected chi connectivity index (χ2v) is 6.10.